The Bertz CT molecular complexity index is 516. The lowest BCUT2D eigenvalue weighted by Gasteiger charge is -2.24. The van der Waals surface area contributed by atoms with Crippen LogP contribution in [0.3, 0.4) is 0 Å². The SMILES string of the molecule is O=C(NNC(=O)[C@H]1CSc2ccccc2O1)C1CC1. The van der Waals surface area contributed by atoms with Gasteiger partial charge in [-0.3, -0.25) is 20.4 Å². The third-order valence-electron chi connectivity index (χ3n) is 3.06. The Morgan fingerprint density at radius 2 is 1.89 bits per heavy atom. The van der Waals surface area contributed by atoms with Crippen LogP contribution in [0.25, 0.3) is 0 Å². The number of hydrogen-bond donors (Lipinski definition) is 2. The van der Waals surface area contributed by atoms with E-state index < -0.39 is 6.10 Å². The number of nitrogens with one attached hydrogen (secondary N) is 2. The number of amides is 2. The summed E-state index contributed by atoms with van der Waals surface area (Å²) in [5.41, 5.74) is 4.87. The van der Waals surface area contributed by atoms with Crippen molar-refractivity contribution in [2.45, 2.75) is 23.8 Å². The molecule has 1 aliphatic carbocycles. The van der Waals surface area contributed by atoms with Crippen LogP contribution in [0.1, 0.15) is 12.8 Å². The summed E-state index contributed by atoms with van der Waals surface area (Å²) in [5.74, 6) is 0.908. The number of rotatable bonds is 2. The van der Waals surface area contributed by atoms with Crippen molar-refractivity contribution in [3.05, 3.63) is 24.3 Å². The molecule has 1 fully saturated rings. The molecule has 5 nitrogen and oxygen atoms in total. The Kier molecular flexibility index (Phi) is 3.33. The molecule has 19 heavy (non-hydrogen) atoms. The highest BCUT2D eigenvalue weighted by Crippen LogP contribution is 2.34. The summed E-state index contributed by atoms with van der Waals surface area (Å²) in [6, 6.07) is 7.60. The maximum Gasteiger partial charge on any atom is 0.280 e. The third kappa shape index (κ3) is 2.84. The minimum absolute atomic E-state index is 0.0719. The summed E-state index contributed by atoms with van der Waals surface area (Å²) in [5, 5.41) is 0. The number of fused-ring (bicyclic) bond motifs is 1. The molecule has 1 saturated carbocycles. The molecule has 3 rings (SSSR count). The monoisotopic (exact) mass is 278 g/mol. The molecule has 1 atom stereocenters. The van der Waals surface area contributed by atoms with Gasteiger partial charge in [0.15, 0.2) is 6.10 Å². The van der Waals surface area contributed by atoms with Crippen LogP contribution >= 0.6 is 11.8 Å². The summed E-state index contributed by atoms with van der Waals surface area (Å²) < 4.78 is 5.62. The van der Waals surface area contributed by atoms with Gasteiger partial charge in [-0.1, -0.05) is 12.1 Å². The van der Waals surface area contributed by atoms with E-state index in [4.69, 9.17) is 4.74 Å². The fourth-order valence-corrected chi connectivity index (χ4v) is 2.78. The van der Waals surface area contributed by atoms with E-state index in [0.717, 1.165) is 17.7 Å². The number of carbonyl (C=O) groups is 2. The van der Waals surface area contributed by atoms with Gasteiger partial charge in [-0.25, -0.2) is 0 Å². The largest absolute Gasteiger partial charge is 0.478 e. The molecular weight excluding hydrogens is 264 g/mol. The fourth-order valence-electron chi connectivity index (χ4n) is 1.80. The Hall–Kier alpha value is -1.69. The van der Waals surface area contributed by atoms with Crippen LogP contribution in [0, 0.1) is 5.92 Å². The Morgan fingerprint density at radius 1 is 1.16 bits per heavy atom. The maximum absolute atomic E-state index is 11.9. The molecule has 1 heterocycles. The van der Waals surface area contributed by atoms with Crippen molar-refractivity contribution in [3.8, 4) is 5.75 Å². The predicted molar refractivity (Wildman–Crippen MR) is 70.6 cm³/mol. The van der Waals surface area contributed by atoms with Gasteiger partial charge in [0.2, 0.25) is 5.91 Å². The molecule has 0 unspecified atom stereocenters. The van der Waals surface area contributed by atoms with Crippen LogP contribution in [0.4, 0.5) is 0 Å². The van der Waals surface area contributed by atoms with E-state index in [1.807, 2.05) is 24.3 Å². The number of para-hydroxylation sites is 1. The number of hydrogen-bond acceptors (Lipinski definition) is 4. The average molecular weight is 278 g/mol. The van der Waals surface area contributed by atoms with Crippen LogP contribution in [-0.2, 0) is 9.59 Å². The predicted octanol–water partition coefficient (Wildman–Crippen LogP) is 1.10. The molecular formula is C13H14N2O3S. The second-order valence-electron chi connectivity index (χ2n) is 4.62. The lowest BCUT2D eigenvalue weighted by atomic mass is 10.3. The van der Waals surface area contributed by atoms with Crippen LogP contribution in [0.5, 0.6) is 5.75 Å². The van der Waals surface area contributed by atoms with Crippen LogP contribution in [0.2, 0.25) is 0 Å². The number of thioether (sulfide) groups is 1. The molecule has 6 heteroatoms. The van der Waals surface area contributed by atoms with E-state index in [1.165, 1.54) is 0 Å². The summed E-state index contributed by atoms with van der Waals surface area (Å²) in [4.78, 5) is 24.3. The van der Waals surface area contributed by atoms with Gasteiger partial charge in [-0.15, -0.1) is 11.8 Å². The van der Waals surface area contributed by atoms with Gasteiger partial charge >= 0.3 is 0 Å². The van der Waals surface area contributed by atoms with Gasteiger partial charge in [0.25, 0.3) is 5.91 Å². The Balaban J connectivity index is 1.55. The molecule has 0 spiro atoms. The third-order valence-corrected chi connectivity index (χ3v) is 4.18. The van der Waals surface area contributed by atoms with Crippen molar-refractivity contribution in [1.29, 1.82) is 0 Å². The molecule has 2 aliphatic rings. The van der Waals surface area contributed by atoms with Gasteiger partial charge in [0.1, 0.15) is 5.75 Å². The number of ether oxygens (including phenoxy) is 1. The molecule has 0 bridgehead atoms. The first-order valence-electron chi connectivity index (χ1n) is 6.22. The average Bonchev–Trinajstić information content (AvgIpc) is 3.28. The minimum Gasteiger partial charge on any atom is -0.478 e. The van der Waals surface area contributed by atoms with Crippen molar-refractivity contribution in [3.63, 3.8) is 0 Å². The van der Waals surface area contributed by atoms with Gasteiger partial charge < -0.3 is 4.74 Å². The summed E-state index contributed by atoms with van der Waals surface area (Å²) >= 11 is 1.58. The molecule has 0 radical (unpaired) electrons. The van der Waals surface area contributed by atoms with Crippen molar-refractivity contribution < 1.29 is 14.3 Å². The van der Waals surface area contributed by atoms with E-state index in [1.54, 1.807) is 11.8 Å². The Morgan fingerprint density at radius 3 is 2.68 bits per heavy atom. The van der Waals surface area contributed by atoms with E-state index in [9.17, 15) is 9.59 Å². The maximum atomic E-state index is 11.9. The first-order chi connectivity index (χ1) is 9.24. The van der Waals surface area contributed by atoms with Gasteiger partial charge in [-0.2, -0.15) is 0 Å². The zero-order valence-electron chi connectivity index (χ0n) is 10.2. The molecule has 1 aromatic rings. The van der Waals surface area contributed by atoms with E-state index in [0.29, 0.717) is 11.5 Å². The van der Waals surface area contributed by atoms with E-state index in [2.05, 4.69) is 10.9 Å². The van der Waals surface area contributed by atoms with Gasteiger partial charge in [-0.05, 0) is 25.0 Å². The zero-order valence-corrected chi connectivity index (χ0v) is 11.0. The van der Waals surface area contributed by atoms with Crippen molar-refractivity contribution in [2.24, 2.45) is 5.92 Å². The van der Waals surface area contributed by atoms with Crippen molar-refractivity contribution in [1.82, 2.24) is 10.9 Å². The topological polar surface area (TPSA) is 67.4 Å². The van der Waals surface area contributed by atoms with Gasteiger partial charge in [0, 0.05) is 16.6 Å². The highest BCUT2D eigenvalue weighted by Gasteiger charge is 2.31. The van der Waals surface area contributed by atoms with Crippen LogP contribution in [0.15, 0.2) is 29.2 Å². The molecule has 2 amide bonds. The second-order valence-corrected chi connectivity index (χ2v) is 5.68. The molecule has 1 aliphatic heterocycles. The quantitative estimate of drug-likeness (QED) is 0.795. The molecule has 0 aromatic heterocycles. The van der Waals surface area contributed by atoms with Crippen LogP contribution < -0.4 is 15.6 Å². The van der Waals surface area contributed by atoms with Crippen molar-refractivity contribution >= 4 is 23.6 Å². The molecule has 0 saturated heterocycles. The Labute approximate surface area is 115 Å². The zero-order chi connectivity index (χ0) is 13.2. The molecule has 2 N–H and O–H groups in total. The highest BCUT2D eigenvalue weighted by molar-refractivity contribution is 7.99. The minimum atomic E-state index is -0.570. The number of benzene rings is 1. The van der Waals surface area contributed by atoms with Crippen molar-refractivity contribution in [2.75, 3.05) is 5.75 Å². The smallest absolute Gasteiger partial charge is 0.280 e. The first kappa shape index (κ1) is 12.3. The normalized spacial score (nSPS) is 20.9. The standard InChI is InChI=1S/C13H14N2O3S/c16-12(8-5-6-8)14-15-13(17)10-7-19-11-4-2-1-3-9(11)18-10/h1-4,8,10H,5-7H2,(H,14,16)(H,15,17)/t10-/m1/s1. The molecule has 1 aromatic carbocycles. The highest BCUT2D eigenvalue weighted by atomic mass is 32.2. The van der Waals surface area contributed by atoms with E-state index >= 15 is 0 Å². The lowest BCUT2D eigenvalue weighted by molar-refractivity contribution is -0.133. The summed E-state index contributed by atoms with van der Waals surface area (Å²) in [6.07, 6.45) is 1.25. The number of hydrazine groups is 1. The second kappa shape index (κ2) is 5.13. The van der Waals surface area contributed by atoms with E-state index in [-0.39, 0.29) is 17.7 Å². The molecule has 100 valence electrons. The first-order valence-corrected chi connectivity index (χ1v) is 7.21. The van der Waals surface area contributed by atoms with Crippen LogP contribution in [-0.4, -0.2) is 23.7 Å². The summed E-state index contributed by atoms with van der Waals surface area (Å²) in [7, 11) is 0. The fraction of sp³-hybridized carbons (Fsp3) is 0.385. The lowest BCUT2D eigenvalue weighted by Crippen LogP contribution is -2.49. The number of carbonyl (C=O) groups excluding carboxylic acids is 2. The summed E-state index contributed by atoms with van der Waals surface area (Å²) in [6.45, 7) is 0. The van der Waals surface area contributed by atoms with Gasteiger partial charge in [0.05, 0.1) is 0 Å².